The summed E-state index contributed by atoms with van der Waals surface area (Å²) >= 11 is 0. The Morgan fingerprint density at radius 3 is 1.95 bits per heavy atom. The van der Waals surface area contributed by atoms with Gasteiger partial charge in [-0.05, 0) is 12.5 Å². The summed E-state index contributed by atoms with van der Waals surface area (Å²) in [6.07, 6.45) is 0. The minimum atomic E-state index is -0.647. The predicted molar refractivity (Wildman–Crippen MR) is 78.2 cm³/mol. The highest BCUT2D eigenvalue weighted by Crippen LogP contribution is 2.28. The topological polar surface area (TPSA) is 98.3 Å². The molecule has 21 heavy (non-hydrogen) atoms. The van der Waals surface area contributed by atoms with Crippen molar-refractivity contribution < 1.29 is 9.85 Å². The van der Waals surface area contributed by atoms with Crippen molar-refractivity contribution in [1.29, 1.82) is 0 Å². The molecular formula is C14H13N3O4. The molecule has 0 unspecified atom stereocenters. The number of hydrogen-bond acceptors (Lipinski definition) is 5. The average molecular weight is 287 g/mol. The van der Waals surface area contributed by atoms with Gasteiger partial charge in [0.05, 0.1) is 15.9 Å². The van der Waals surface area contributed by atoms with Crippen molar-refractivity contribution in [3.63, 3.8) is 0 Å². The predicted octanol–water partition coefficient (Wildman–Crippen LogP) is 3.68. The van der Waals surface area contributed by atoms with Crippen molar-refractivity contribution in [3.8, 4) is 0 Å². The third-order valence-corrected chi connectivity index (χ3v) is 3.01. The highest BCUT2D eigenvalue weighted by molar-refractivity contribution is 5.59. The minimum Gasteiger partial charge on any atom is -0.378 e. The number of nitro benzene ring substituents is 2. The van der Waals surface area contributed by atoms with Crippen LogP contribution in [0.1, 0.15) is 18.5 Å². The molecule has 0 aliphatic carbocycles. The van der Waals surface area contributed by atoms with Crippen LogP contribution >= 0.6 is 0 Å². The smallest absolute Gasteiger partial charge is 0.278 e. The quantitative estimate of drug-likeness (QED) is 0.668. The molecule has 108 valence electrons. The van der Waals surface area contributed by atoms with E-state index in [4.69, 9.17) is 0 Å². The second-order valence-corrected chi connectivity index (χ2v) is 4.53. The largest absolute Gasteiger partial charge is 0.378 e. The van der Waals surface area contributed by atoms with Gasteiger partial charge in [-0.2, -0.15) is 0 Å². The van der Waals surface area contributed by atoms with Gasteiger partial charge in [0.15, 0.2) is 0 Å². The third kappa shape index (κ3) is 3.53. The number of rotatable bonds is 5. The zero-order valence-electron chi connectivity index (χ0n) is 11.2. The van der Waals surface area contributed by atoms with Crippen LogP contribution in [0.25, 0.3) is 0 Å². The van der Waals surface area contributed by atoms with Crippen molar-refractivity contribution in [2.75, 3.05) is 5.32 Å². The monoisotopic (exact) mass is 287 g/mol. The summed E-state index contributed by atoms with van der Waals surface area (Å²) in [4.78, 5) is 20.4. The minimum absolute atomic E-state index is 0.132. The van der Waals surface area contributed by atoms with Crippen LogP contribution in [0.2, 0.25) is 0 Å². The first kappa shape index (κ1) is 14.4. The Morgan fingerprint density at radius 1 is 0.952 bits per heavy atom. The molecule has 0 bridgehead atoms. The molecule has 0 aromatic heterocycles. The molecule has 0 aliphatic rings. The van der Waals surface area contributed by atoms with Gasteiger partial charge in [-0.25, -0.2) is 0 Å². The first-order chi connectivity index (χ1) is 9.97. The summed E-state index contributed by atoms with van der Waals surface area (Å²) in [5.41, 5.74) is 0.692. The van der Waals surface area contributed by atoms with Crippen molar-refractivity contribution in [2.45, 2.75) is 13.0 Å². The molecule has 2 aromatic rings. The molecule has 0 radical (unpaired) electrons. The van der Waals surface area contributed by atoms with Crippen LogP contribution in [0, 0.1) is 20.2 Å². The Balaban J connectivity index is 2.31. The number of non-ortho nitro benzene ring substituents is 2. The van der Waals surface area contributed by atoms with E-state index >= 15 is 0 Å². The van der Waals surface area contributed by atoms with Crippen LogP contribution in [0.15, 0.2) is 48.5 Å². The fourth-order valence-electron chi connectivity index (χ4n) is 1.96. The Labute approximate surface area is 120 Å². The summed E-state index contributed by atoms with van der Waals surface area (Å²) in [6.45, 7) is 1.88. The Bertz CT molecular complexity index is 641. The SMILES string of the molecule is C[C@@H](Nc1cc([N+](=O)[O-])cc([N+](=O)[O-])c1)c1ccccc1. The second kappa shape index (κ2) is 6.00. The van der Waals surface area contributed by atoms with Crippen LogP contribution in [0.4, 0.5) is 17.1 Å². The van der Waals surface area contributed by atoms with E-state index in [0.29, 0.717) is 5.69 Å². The molecule has 0 aliphatic heterocycles. The molecule has 0 saturated heterocycles. The van der Waals surface area contributed by atoms with Crippen molar-refractivity contribution in [3.05, 3.63) is 74.3 Å². The van der Waals surface area contributed by atoms with E-state index in [0.717, 1.165) is 11.6 Å². The van der Waals surface area contributed by atoms with Gasteiger partial charge in [0.1, 0.15) is 0 Å². The lowest BCUT2D eigenvalue weighted by Crippen LogP contribution is -2.07. The molecule has 7 nitrogen and oxygen atoms in total. The summed E-state index contributed by atoms with van der Waals surface area (Å²) < 4.78 is 0. The van der Waals surface area contributed by atoms with E-state index in [1.165, 1.54) is 12.1 Å². The van der Waals surface area contributed by atoms with Crippen LogP contribution in [-0.2, 0) is 0 Å². The van der Waals surface area contributed by atoms with Gasteiger partial charge in [0.25, 0.3) is 11.4 Å². The summed E-state index contributed by atoms with van der Waals surface area (Å²) in [5.74, 6) is 0. The second-order valence-electron chi connectivity index (χ2n) is 4.53. The van der Waals surface area contributed by atoms with Gasteiger partial charge < -0.3 is 5.32 Å². The first-order valence-electron chi connectivity index (χ1n) is 6.22. The van der Waals surface area contributed by atoms with Crippen molar-refractivity contribution in [1.82, 2.24) is 0 Å². The zero-order valence-corrected chi connectivity index (χ0v) is 11.2. The van der Waals surface area contributed by atoms with E-state index in [9.17, 15) is 20.2 Å². The van der Waals surface area contributed by atoms with E-state index in [2.05, 4.69) is 5.32 Å². The Hall–Kier alpha value is -2.96. The van der Waals surface area contributed by atoms with Gasteiger partial charge in [-0.1, -0.05) is 30.3 Å². The number of nitrogens with one attached hydrogen (secondary N) is 1. The molecule has 0 heterocycles. The lowest BCUT2D eigenvalue weighted by molar-refractivity contribution is -0.394. The lowest BCUT2D eigenvalue weighted by Gasteiger charge is -2.15. The van der Waals surface area contributed by atoms with Crippen molar-refractivity contribution >= 4 is 17.1 Å². The van der Waals surface area contributed by atoms with Gasteiger partial charge in [0, 0.05) is 23.9 Å². The zero-order chi connectivity index (χ0) is 15.4. The molecule has 0 fully saturated rings. The first-order valence-corrected chi connectivity index (χ1v) is 6.22. The average Bonchev–Trinajstić information content (AvgIpc) is 2.47. The highest BCUT2D eigenvalue weighted by Gasteiger charge is 2.17. The molecule has 1 atom stereocenters. The standard InChI is InChI=1S/C14H13N3O4/c1-10(11-5-3-2-4-6-11)15-12-7-13(16(18)19)9-14(8-12)17(20)21/h2-10,15H,1H3/t10-/m1/s1. The molecule has 1 N–H and O–H groups in total. The van der Waals surface area contributed by atoms with Crippen LogP contribution in [0.5, 0.6) is 0 Å². The molecule has 2 aromatic carbocycles. The van der Waals surface area contributed by atoms with Crippen LogP contribution < -0.4 is 5.32 Å². The highest BCUT2D eigenvalue weighted by atomic mass is 16.6. The summed E-state index contributed by atoms with van der Waals surface area (Å²) in [5, 5.41) is 24.7. The number of anilines is 1. The normalized spacial score (nSPS) is 11.7. The fraction of sp³-hybridized carbons (Fsp3) is 0.143. The van der Waals surface area contributed by atoms with E-state index < -0.39 is 9.85 Å². The van der Waals surface area contributed by atoms with E-state index in [1.54, 1.807) is 0 Å². The fourth-order valence-corrected chi connectivity index (χ4v) is 1.96. The number of nitrogens with zero attached hydrogens (tertiary/aromatic N) is 2. The summed E-state index contributed by atoms with van der Waals surface area (Å²) in [6, 6.07) is 12.8. The van der Waals surface area contributed by atoms with Crippen molar-refractivity contribution in [2.24, 2.45) is 0 Å². The summed E-state index contributed by atoms with van der Waals surface area (Å²) in [7, 11) is 0. The van der Waals surface area contributed by atoms with Crippen LogP contribution in [-0.4, -0.2) is 9.85 Å². The Morgan fingerprint density at radius 2 is 1.48 bits per heavy atom. The maximum absolute atomic E-state index is 10.8. The molecule has 0 spiro atoms. The van der Waals surface area contributed by atoms with Gasteiger partial charge in [-0.3, -0.25) is 20.2 Å². The number of nitro groups is 2. The molecule has 0 amide bonds. The molecule has 0 saturated carbocycles. The van der Waals surface area contributed by atoms with Gasteiger partial charge in [-0.15, -0.1) is 0 Å². The Kier molecular flexibility index (Phi) is 4.13. The van der Waals surface area contributed by atoms with E-state index in [-0.39, 0.29) is 17.4 Å². The maximum atomic E-state index is 10.8. The van der Waals surface area contributed by atoms with E-state index in [1.807, 2.05) is 37.3 Å². The third-order valence-electron chi connectivity index (χ3n) is 3.01. The lowest BCUT2D eigenvalue weighted by atomic mass is 10.1. The number of benzene rings is 2. The van der Waals surface area contributed by atoms with Gasteiger partial charge >= 0.3 is 0 Å². The number of hydrogen-bond donors (Lipinski definition) is 1. The molecule has 7 heteroatoms. The molecule has 2 rings (SSSR count). The van der Waals surface area contributed by atoms with Gasteiger partial charge in [0.2, 0.25) is 0 Å². The van der Waals surface area contributed by atoms with Crippen LogP contribution in [0.3, 0.4) is 0 Å². The maximum Gasteiger partial charge on any atom is 0.278 e. The molecular weight excluding hydrogens is 274 g/mol.